The Kier molecular flexibility index (Phi) is 9.40. The Labute approximate surface area is 283 Å². The molecule has 0 bridgehead atoms. The molecule has 2 aromatic heterocycles. The van der Waals surface area contributed by atoms with Crippen LogP contribution in [0.4, 0.5) is 18.9 Å². The summed E-state index contributed by atoms with van der Waals surface area (Å²) in [6.07, 6.45) is -3.11. The summed E-state index contributed by atoms with van der Waals surface area (Å²) < 4.78 is 65.9. The normalized spacial score (nSPS) is 16.5. The van der Waals surface area contributed by atoms with E-state index in [9.17, 15) is 31.2 Å². The van der Waals surface area contributed by atoms with Gasteiger partial charge in [-0.05, 0) is 67.8 Å². The number of piperidine rings is 1. The minimum Gasteiger partial charge on any atom is -0.368 e. The number of piperazine rings is 1. The van der Waals surface area contributed by atoms with E-state index in [1.165, 1.54) is 47.0 Å². The fourth-order valence-electron chi connectivity index (χ4n) is 5.87. The molecular weight excluding hydrogens is 693 g/mol. The number of carbonyl (C=O) groups is 2. The summed E-state index contributed by atoms with van der Waals surface area (Å²) >= 11 is 8.45. The van der Waals surface area contributed by atoms with E-state index < -0.39 is 21.6 Å². The van der Waals surface area contributed by atoms with Crippen LogP contribution in [0, 0.1) is 6.92 Å². The van der Waals surface area contributed by atoms with Gasteiger partial charge in [0, 0.05) is 66.7 Å². The third-order valence-corrected chi connectivity index (χ3v) is 13.0. The Morgan fingerprint density at radius 2 is 1.55 bits per heavy atom. The van der Waals surface area contributed by atoms with Gasteiger partial charge in [0.2, 0.25) is 9.84 Å². The lowest BCUT2D eigenvalue weighted by Crippen LogP contribution is -2.49. The second-order valence-corrected chi connectivity index (χ2v) is 15.6. The third-order valence-electron chi connectivity index (χ3n) is 8.58. The van der Waals surface area contributed by atoms with Gasteiger partial charge in [-0.2, -0.15) is 13.2 Å². The summed E-state index contributed by atoms with van der Waals surface area (Å²) in [5.41, 5.74) is 0.552. The monoisotopic (exact) mass is 722 g/mol. The Morgan fingerprint density at radius 3 is 2.21 bits per heavy atom. The molecule has 4 aromatic rings. The lowest BCUT2D eigenvalue weighted by atomic mass is 9.97. The number of likely N-dealkylation sites (tertiary alicyclic amines) is 1. The number of amides is 2. The molecule has 0 unspecified atom stereocenters. The van der Waals surface area contributed by atoms with Gasteiger partial charge in [0.1, 0.15) is 5.69 Å². The van der Waals surface area contributed by atoms with Crippen LogP contribution in [0.1, 0.15) is 55.1 Å². The van der Waals surface area contributed by atoms with Crippen molar-refractivity contribution in [2.24, 2.45) is 0 Å². The van der Waals surface area contributed by atoms with Crippen molar-refractivity contribution in [3.8, 4) is 0 Å². The van der Waals surface area contributed by atoms with Crippen molar-refractivity contribution in [1.29, 1.82) is 0 Å². The summed E-state index contributed by atoms with van der Waals surface area (Å²) in [7, 11) is -3.81. The zero-order chi connectivity index (χ0) is 33.5. The van der Waals surface area contributed by atoms with E-state index in [0.29, 0.717) is 79.0 Å². The van der Waals surface area contributed by atoms with Crippen molar-refractivity contribution in [3.63, 3.8) is 0 Å². The lowest BCUT2D eigenvalue weighted by Gasteiger charge is -2.36. The molecule has 0 radical (unpaired) electrons. The van der Waals surface area contributed by atoms with Crippen molar-refractivity contribution in [1.82, 2.24) is 14.8 Å². The van der Waals surface area contributed by atoms with Gasteiger partial charge < -0.3 is 14.7 Å². The average molecular weight is 723 g/mol. The highest BCUT2D eigenvalue weighted by atomic mass is 35.5. The Balaban J connectivity index is 1.04. The third kappa shape index (κ3) is 6.92. The van der Waals surface area contributed by atoms with Crippen molar-refractivity contribution in [3.05, 3.63) is 91.0 Å². The minimum atomic E-state index is -4.42. The molecule has 2 fully saturated rings. The first-order valence-corrected chi connectivity index (χ1v) is 18.5. The zero-order valence-corrected chi connectivity index (χ0v) is 28.4. The van der Waals surface area contributed by atoms with Crippen molar-refractivity contribution < 1.29 is 31.2 Å². The van der Waals surface area contributed by atoms with Gasteiger partial charge in [-0.3, -0.25) is 9.59 Å². The fraction of sp³-hybridized carbons (Fsp3) is 0.344. The van der Waals surface area contributed by atoms with Crippen LogP contribution in [0.15, 0.2) is 69.1 Å². The Hall–Kier alpha value is -3.46. The largest absolute Gasteiger partial charge is 0.416 e. The van der Waals surface area contributed by atoms with Gasteiger partial charge in [0.15, 0.2) is 0 Å². The number of hydrogen-bond donors (Lipinski definition) is 0. The van der Waals surface area contributed by atoms with E-state index in [1.54, 1.807) is 28.2 Å². The molecule has 0 aliphatic carbocycles. The summed E-state index contributed by atoms with van der Waals surface area (Å²) in [6.45, 7) is 4.16. The lowest BCUT2D eigenvalue weighted by molar-refractivity contribution is -0.137. The summed E-state index contributed by atoms with van der Waals surface area (Å²) in [5.74, 6) is -0.335. The molecule has 6 rings (SSSR count). The van der Waals surface area contributed by atoms with E-state index in [0.717, 1.165) is 28.5 Å². The van der Waals surface area contributed by atoms with Crippen molar-refractivity contribution in [2.45, 2.75) is 41.7 Å². The number of aromatic nitrogens is 1. The molecule has 2 aliphatic heterocycles. The van der Waals surface area contributed by atoms with Gasteiger partial charge in [-0.15, -0.1) is 22.7 Å². The van der Waals surface area contributed by atoms with Crippen LogP contribution < -0.4 is 4.90 Å². The molecule has 15 heteroatoms. The van der Waals surface area contributed by atoms with Crippen molar-refractivity contribution in [2.75, 3.05) is 44.2 Å². The molecule has 2 saturated heterocycles. The number of halogens is 4. The molecule has 2 aromatic carbocycles. The van der Waals surface area contributed by atoms with Crippen LogP contribution in [0.25, 0.3) is 0 Å². The number of thiophene rings is 1. The van der Waals surface area contributed by atoms with Crippen LogP contribution in [0.2, 0.25) is 5.02 Å². The maximum absolute atomic E-state index is 13.4. The van der Waals surface area contributed by atoms with Gasteiger partial charge in [0.05, 0.1) is 25.2 Å². The summed E-state index contributed by atoms with van der Waals surface area (Å²) in [6, 6.07) is 11.1. The van der Waals surface area contributed by atoms with E-state index in [4.69, 9.17) is 11.6 Å². The molecule has 0 atom stereocenters. The highest BCUT2D eigenvalue weighted by molar-refractivity contribution is 7.91. The van der Waals surface area contributed by atoms with E-state index in [1.807, 2.05) is 4.90 Å². The molecule has 2 amide bonds. The maximum Gasteiger partial charge on any atom is 0.416 e. The predicted molar refractivity (Wildman–Crippen MR) is 176 cm³/mol. The number of nitrogens with zero attached hydrogens (tertiary/aromatic N) is 4. The highest BCUT2D eigenvalue weighted by Crippen LogP contribution is 2.35. The second-order valence-electron chi connectivity index (χ2n) is 11.5. The SMILES string of the molecule is Cc1c(S(=O)(=O)c2ccc(Cl)cc2)csc1C(=O)N1CCC(c2nc(C(=O)N3CCN(c4cccc(C(F)(F)F)c4)CC3)cs2)CC1. The number of hydrogen-bond acceptors (Lipinski definition) is 8. The van der Waals surface area contributed by atoms with Crippen LogP contribution in [-0.4, -0.2) is 74.3 Å². The minimum absolute atomic E-state index is 0.0774. The number of alkyl halides is 3. The fourth-order valence-corrected chi connectivity index (χ4v) is 9.85. The van der Waals surface area contributed by atoms with E-state index >= 15 is 0 Å². The molecule has 0 N–H and O–H groups in total. The first-order valence-electron chi connectivity index (χ1n) is 14.9. The van der Waals surface area contributed by atoms with Crippen LogP contribution in [0.3, 0.4) is 0 Å². The Morgan fingerprint density at radius 1 is 0.894 bits per heavy atom. The maximum atomic E-state index is 13.4. The molecular formula is C32H30ClF3N4O4S3. The topological polar surface area (TPSA) is 90.9 Å². The molecule has 4 heterocycles. The summed E-state index contributed by atoms with van der Waals surface area (Å²) in [5, 5.41) is 4.51. The van der Waals surface area contributed by atoms with Crippen LogP contribution in [-0.2, 0) is 16.0 Å². The summed E-state index contributed by atoms with van der Waals surface area (Å²) in [4.78, 5) is 37.2. The number of anilines is 1. The smallest absolute Gasteiger partial charge is 0.368 e. The first-order chi connectivity index (χ1) is 22.3. The van der Waals surface area contributed by atoms with Crippen molar-refractivity contribution >= 4 is 61.6 Å². The van der Waals surface area contributed by atoms with Crippen LogP contribution in [0.5, 0.6) is 0 Å². The number of carbonyl (C=O) groups excluding carboxylic acids is 2. The quantitative estimate of drug-likeness (QED) is 0.213. The molecule has 0 spiro atoms. The molecule has 2 aliphatic rings. The number of rotatable bonds is 6. The molecule has 0 saturated carbocycles. The molecule has 47 heavy (non-hydrogen) atoms. The number of thiazole rings is 1. The van der Waals surface area contributed by atoms with E-state index in [-0.39, 0.29) is 27.5 Å². The average Bonchev–Trinajstić information content (AvgIpc) is 3.72. The zero-order valence-electron chi connectivity index (χ0n) is 25.2. The second kappa shape index (κ2) is 13.2. The number of sulfone groups is 1. The number of benzene rings is 2. The standard InChI is InChI=1S/C32H30ClF3N4O4S3/c1-20-27(47(43,44)25-7-5-23(33)6-8-25)19-45-28(20)31(42)39-11-9-21(10-12-39)29-37-26(18-46-29)30(41)40-15-13-38(14-16-40)24-4-2-3-22(17-24)32(34,35)36/h2-8,17-19,21H,9-16H2,1H3. The highest BCUT2D eigenvalue weighted by Gasteiger charge is 2.33. The van der Waals surface area contributed by atoms with Gasteiger partial charge in [-0.25, -0.2) is 13.4 Å². The molecule has 248 valence electrons. The van der Waals surface area contributed by atoms with E-state index in [2.05, 4.69) is 4.98 Å². The van der Waals surface area contributed by atoms with Gasteiger partial charge >= 0.3 is 6.18 Å². The van der Waals surface area contributed by atoms with Crippen LogP contribution >= 0.6 is 34.3 Å². The Bertz CT molecular complexity index is 1890. The van der Waals surface area contributed by atoms with Gasteiger partial charge in [0.25, 0.3) is 11.8 Å². The van der Waals surface area contributed by atoms with Gasteiger partial charge in [-0.1, -0.05) is 17.7 Å². The molecule has 8 nitrogen and oxygen atoms in total. The first kappa shape index (κ1) is 33.4. The predicted octanol–water partition coefficient (Wildman–Crippen LogP) is 7.00.